The van der Waals surface area contributed by atoms with Crippen LogP contribution >= 0.6 is 0 Å². The third-order valence-electron chi connectivity index (χ3n) is 3.84. The molecule has 0 amide bonds. The molecule has 3 rings (SSSR count). The Kier molecular flexibility index (Phi) is 4.14. The van der Waals surface area contributed by atoms with Crippen molar-refractivity contribution in [3.63, 3.8) is 0 Å². The fourth-order valence-corrected chi connectivity index (χ4v) is 2.61. The summed E-state index contributed by atoms with van der Waals surface area (Å²) in [5, 5.41) is 1.10. The molecule has 0 unspecified atom stereocenters. The Bertz CT molecular complexity index is 791. The molecule has 0 bridgehead atoms. The Morgan fingerprint density at radius 3 is 2.73 bits per heavy atom. The fraction of sp³-hybridized carbons (Fsp3) is 0.263. The molecule has 2 nitrogen and oxygen atoms in total. The molecule has 0 aliphatic rings. The second-order valence-electron chi connectivity index (χ2n) is 5.59. The van der Waals surface area contributed by atoms with E-state index in [-0.39, 0.29) is 5.82 Å². The number of nitrogens with one attached hydrogen (secondary N) is 1. The molecule has 114 valence electrons. The number of fused-ring (bicyclic) bond motifs is 1. The van der Waals surface area contributed by atoms with E-state index in [0.29, 0.717) is 0 Å². The van der Waals surface area contributed by atoms with E-state index in [1.807, 2.05) is 31.2 Å². The second-order valence-corrected chi connectivity index (χ2v) is 5.59. The number of ether oxygens (including phenoxy) is 1. The molecule has 0 spiro atoms. The fourth-order valence-electron chi connectivity index (χ4n) is 2.61. The first-order valence-electron chi connectivity index (χ1n) is 7.69. The number of hydrogen-bond acceptors (Lipinski definition) is 1. The third-order valence-corrected chi connectivity index (χ3v) is 3.84. The van der Waals surface area contributed by atoms with Gasteiger partial charge in [-0.2, -0.15) is 0 Å². The molecule has 0 aliphatic carbocycles. The van der Waals surface area contributed by atoms with Gasteiger partial charge in [-0.25, -0.2) is 4.39 Å². The number of aryl methyl sites for hydroxylation is 1. The molecule has 22 heavy (non-hydrogen) atoms. The van der Waals surface area contributed by atoms with Crippen molar-refractivity contribution >= 4 is 10.9 Å². The van der Waals surface area contributed by atoms with Crippen LogP contribution in [0, 0.1) is 12.7 Å². The number of benzene rings is 2. The summed E-state index contributed by atoms with van der Waals surface area (Å²) in [4.78, 5) is 3.39. The summed E-state index contributed by atoms with van der Waals surface area (Å²) in [6.45, 7) is 4.82. The number of rotatable bonds is 5. The maximum atomic E-state index is 13.2. The lowest BCUT2D eigenvalue weighted by atomic mass is 10.1. The van der Waals surface area contributed by atoms with E-state index in [1.165, 1.54) is 6.07 Å². The van der Waals surface area contributed by atoms with Crippen molar-refractivity contribution in [2.45, 2.75) is 26.7 Å². The summed E-state index contributed by atoms with van der Waals surface area (Å²) in [6, 6.07) is 13.0. The minimum Gasteiger partial charge on any atom is -0.494 e. The van der Waals surface area contributed by atoms with Crippen LogP contribution in [0.2, 0.25) is 0 Å². The van der Waals surface area contributed by atoms with Crippen LogP contribution in [0.5, 0.6) is 5.75 Å². The highest BCUT2D eigenvalue weighted by Crippen LogP contribution is 2.29. The zero-order valence-electron chi connectivity index (χ0n) is 12.9. The first kappa shape index (κ1) is 14.6. The Morgan fingerprint density at radius 1 is 1.09 bits per heavy atom. The average molecular weight is 297 g/mol. The predicted octanol–water partition coefficient (Wildman–Crippen LogP) is 5.46. The Labute approximate surface area is 129 Å². The SMILES string of the molecule is CCCCOc1ccc2[nH]c(-c3ccc(F)cc3C)cc2c1. The van der Waals surface area contributed by atoms with Crippen LogP contribution in [0.1, 0.15) is 25.3 Å². The molecular formula is C19H20FNO. The summed E-state index contributed by atoms with van der Waals surface area (Å²) in [5.41, 5.74) is 4.00. The summed E-state index contributed by atoms with van der Waals surface area (Å²) < 4.78 is 19.0. The quantitative estimate of drug-likeness (QED) is 0.621. The Hall–Kier alpha value is -2.29. The molecular weight excluding hydrogens is 277 g/mol. The minimum absolute atomic E-state index is 0.205. The highest BCUT2D eigenvalue weighted by Gasteiger charge is 2.08. The average Bonchev–Trinajstić information content (AvgIpc) is 2.90. The number of halogens is 1. The molecule has 3 aromatic rings. The largest absolute Gasteiger partial charge is 0.494 e. The lowest BCUT2D eigenvalue weighted by Crippen LogP contribution is -1.95. The van der Waals surface area contributed by atoms with Crippen molar-refractivity contribution in [1.29, 1.82) is 0 Å². The minimum atomic E-state index is -0.205. The topological polar surface area (TPSA) is 25.0 Å². The summed E-state index contributed by atoms with van der Waals surface area (Å²) >= 11 is 0. The van der Waals surface area contributed by atoms with E-state index in [2.05, 4.69) is 18.0 Å². The summed E-state index contributed by atoms with van der Waals surface area (Å²) in [6.07, 6.45) is 2.19. The molecule has 3 heteroatoms. The lowest BCUT2D eigenvalue weighted by molar-refractivity contribution is 0.310. The van der Waals surface area contributed by atoms with Crippen LogP contribution in [0.3, 0.4) is 0 Å². The van der Waals surface area contributed by atoms with Gasteiger partial charge in [-0.3, -0.25) is 0 Å². The zero-order valence-corrected chi connectivity index (χ0v) is 12.9. The smallest absolute Gasteiger partial charge is 0.123 e. The van der Waals surface area contributed by atoms with Crippen molar-refractivity contribution in [3.8, 4) is 17.0 Å². The zero-order chi connectivity index (χ0) is 15.5. The lowest BCUT2D eigenvalue weighted by Gasteiger charge is -2.04. The molecule has 2 aromatic carbocycles. The van der Waals surface area contributed by atoms with Gasteiger partial charge in [0.25, 0.3) is 0 Å². The molecule has 0 saturated heterocycles. The molecule has 0 saturated carbocycles. The molecule has 0 aliphatic heterocycles. The summed E-state index contributed by atoms with van der Waals surface area (Å²) in [7, 11) is 0. The van der Waals surface area contributed by atoms with Gasteiger partial charge in [0.15, 0.2) is 0 Å². The van der Waals surface area contributed by atoms with E-state index in [1.54, 1.807) is 6.07 Å². The van der Waals surface area contributed by atoms with Crippen molar-refractivity contribution in [1.82, 2.24) is 4.98 Å². The van der Waals surface area contributed by atoms with Crippen LogP contribution in [0.15, 0.2) is 42.5 Å². The van der Waals surface area contributed by atoms with E-state index in [4.69, 9.17) is 4.74 Å². The number of unbranched alkanes of at least 4 members (excludes halogenated alkanes) is 1. The number of hydrogen-bond donors (Lipinski definition) is 1. The van der Waals surface area contributed by atoms with E-state index in [0.717, 1.165) is 52.9 Å². The van der Waals surface area contributed by atoms with Crippen LogP contribution in [-0.4, -0.2) is 11.6 Å². The highest BCUT2D eigenvalue weighted by atomic mass is 19.1. The monoisotopic (exact) mass is 297 g/mol. The Balaban J connectivity index is 1.92. The van der Waals surface area contributed by atoms with Crippen molar-refractivity contribution in [2.75, 3.05) is 6.61 Å². The van der Waals surface area contributed by atoms with Gasteiger partial charge in [-0.15, -0.1) is 0 Å². The van der Waals surface area contributed by atoms with Crippen LogP contribution < -0.4 is 4.74 Å². The van der Waals surface area contributed by atoms with E-state index < -0.39 is 0 Å². The van der Waals surface area contributed by atoms with Gasteiger partial charge < -0.3 is 9.72 Å². The number of H-pyrrole nitrogens is 1. The maximum Gasteiger partial charge on any atom is 0.123 e. The van der Waals surface area contributed by atoms with Crippen molar-refractivity contribution in [3.05, 3.63) is 53.8 Å². The van der Waals surface area contributed by atoms with Gasteiger partial charge in [0.2, 0.25) is 0 Å². The van der Waals surface area contributed by atoms with Gasteiger partial charge in [0, 0.05) is 22.2 Å². The molecule has 1 N–H and O–H groups in total. The molecule has 1 heterocycles. The van der Waals surface area contributed by atoms with Gasteiger partial charge in [0.1, 0.15) is 11.6 Å². The van der Waals surface area contributed by atoms with E-state index >= 15 is 0 Å². The van der Waals surface area contributed by atoms with Gasteiger partial charge >= 0.3 is 0 Å². The van der Waals surface area contributed by atoms with Gasteiger partial charge in [-0.1, -0.05) is 13.3 Å². The normalized spacial score (nSPS) is 11.0. The van der Waals surface area contributed by atoms with Gasteiger partial charge in [0.05, 0.1) is 6.61 Å². The molecule has 0 radical (unpaired) electrons. The Morgan fingerprint density at radius 2 is 1.95 bits per heavy atom. The summed E-state index contributed by atoms with van der Waals surface area (Å²) in [5.74, 6) is 0.686. The maximum absolute atomic E-state index is 13.2. The molecule has 0 atom stereocenters. The number of aromatic nitrogens is 1. The molecule has 0 fully saturated rings. The van der Waals surface area contributed by atoms with Crippen molar-refractivity contribution < 1.29 is 9.13 Å². The first-order valence-corrected chi connectivity index (χ1v) is 7.69. The number of aromatic amines is 1. The van der Waals surface area contributed by atoms with Crippen LogP contribution in [0.25, 0.3) is 22.2 Å². The standard InChI is InChI=1S/C19H20FNO/c1-3-4-9-22-16-6-8-18-14(11-16)12-19(21-18)17-7-5-15(20)10-13(17)2/h5-8,10-12,21H,3-4,9H2,1-2H3. The van der Waals surface area contributed by atoms with Crippen LogP contribution in [-0.2, 0) is 0 Å². The van der Waals surface area contributed by atoms with Crippen molar-refractivity contribution in [2.24, 2.45) is 0 Å². The third kappa shape index (κ3) is 2.98. The molecule has 1 aromatic heterocycles. The predicted molar refractivity (Wildman–Crippen MR) is 88.8 cm³/mol. The van der Waals surface area contributed by atoms with Gasteiger partial charge in [-0.05, 0) is 61.4 Å². The highest BCUT2D eigenvalue weighted by molar-refractivity contribution is 5.87. The van der Waals surface area contributed by atoms with E-state index in [9.17, 15) is 4.39 Å². The first-order chi connectivity index (χ1) is 10.7. The van der Waals surface area contributed by atoms with Crippen LogP contribution in [0.4, 0.5) is 4.39 Å². The second kappa shape index (κ2) is 6.22.